The molecule has 0 spiro atoms. The Labute approximate surface area is 130 Å². The fourth-order valence-electron chi connectivity index (χ4n) is 2.47. The highest BCUT2D eigenvalue weighted by atomic mass is 16.5. The van der Waals surface area contributed by atoms with Gasteiger partial charge in [-0.25, -0.2) is 0 Å². The van der Waals surface area contributed by atoms with Gasteiger partial charge in [-0.2, -0.15) is 0 Å². The molecule has 1 aliphatic heterocycles. The molecule has 22 heavy (non-hydrogen) atoms. The zero-order valence-electron chi connectivity index (χ0n) is 12.6. The summed E-state index contributed by atoms with van der Waals surface area (Å²) in [6.45, 7) is 3.79. The predicted octanol–water partition coefficient (Wildman–Crippen LogP) is 2.85. The largest absolute Gasteiger partial charge is 0.487 e. The van der Waals surface area contributed by atoms with Crippen LogP contribution in [-0.4, -0.2) is 25.0 Å². The second-order valence-corrected chi connectivity index (χ2v) is 5.53. The van der Waals surface area contributed by atoms with Gasteiger partial charge in [0.2, 0.25) is 0 Å². The molecule has 4 heteroatoms. The Morgan fingerprint density at radius 2 is 2.09 bits per heavy atom. The van der Waals surface area contributed by atoms with E-state index in [-0.39, 0.29) is 11.9 Å². The van der Waals surface area contributed by atoms with E-state index in [0.717, 1.165) is 18.0 Å². The van der Waals surface area contributed by atoms with Gasteiger partial charge >= 0.3 is 0 Å². The Balaban J connectivity index is 1.58. The van der Waals surface area contributed by atoms with Gasteiger partial charge in [0, 0.05) is 12.1 Å². The zero-order valence-corrected chi connectivity index (χ0v) is 12.6. The third-order valence-electron chi connectivity index (χ3n) is 3.67. The summed E-state index contributed by atoms with van der Waals surface area (Å²) in [6.07, 6.45) is 0.154. The number of Topliss-reactive ketones (excluding diaryl/α,β-unsaturated/α-hetero) is 1. The van der Waals surface area contributed by atoms with Crippen LogP contribution in [0.25, 0.3) is 0 Å². The maximum atomic E-state index is 12.3. The van der Waals surface area contributed by atoms with E-state index in [0.29, 0.717) is 18.7 Å². The van der Waals surface area contributed by atoms with Crippen LogP contribution in [0.4, 0.5) is 5.69 Å². The topological polar surface area (TPSA) is 50.4 Å². The van der Waals surface area contributed by atoms with E-state index in [1.54, 1.807) is 0 Å². The molecule has 0 radical (unpaired) electrons. The fraction of sp³-hybridized carbons (Fsp3) is 0.278. The first-order chi connectivity index (χ1) is 10.7. The molecule has 0 fully saturated rings. The normalized spacial score (nSPS) is 16.3. The van der Waals surface area contributed by atoms with E-state index >= 15 is 0 Å². The Kier molecular flexibility index (Phi) is 4.39. The van der Waals surface area contributed by atoms with Crippen molar-refractivity contribution in [3.05, 3.63) is 59.7 Å². The summed E-state index contributed by atoms with van der Waals surface area (Å²) in [7, 11) is 0. The number of ketones is 1. The monoisotopic (exact) mass is 296 g/mol. The second-order valence-electron chi connectivity index (χ2n) is 5.53. The third-order valence-corrected chi connectivity index (χ3v) is 3.67. The fourth-order valence-corrected chi connectivity index (χ4v) is 2.47. The van der Waals surface area contributed by atoms with E-state index < -0.39 is 0 Å². The number of carbonyl (C=O) groups is 1. The van der Waals surface area contributed by atoms with Gasteiger partial charge in [-0.05, 0) is 30.7 Å². The van der Waals surface area contributed by atoms with Crippen LogP contribution in [0.5, 0.6) is 5.75 Å². The third kappa shape index (κ3) is 3.46. The summed E-state index contributed by atoms with van der Waals surface area (Å²) in [5, 5.41) is 6.48. The van der Waals surface area contributed by atoms with Crippen molar-refractivity contribution >= 4 is 11.5 Å². The van der Waals surface area contributed by atoms with Gasteiger partial charge in [-0.1, -0.05) is 30.3 Å². The molecule has 1 heterocycles. The molecule has 0 aromatic heterocycles. The molecule has 4 nitrogen and oxygen atoms in total. The molecular weight excluding hydrogens is 276 g/mol. The summed E-state index contributed by atoms with van der Waals surface area (Å²) in [5.74, 6) is 0.895. The minimum absolute atomic E-state index is 0.0825. The molecule has 1 unspecified atom stereocenters. The molecule has 0 saturated carbocycles. The van der Waals surface area contributed by atoms with Gasteiger partial charge in [0.1, 0.15) is 11.9 Å². The lowest BCUT2D eigenvalue weighted by Gasteiger charge is -2.25. The highest BCUT2D eigenvalue weighted by Crippen LogP contribution is 2.29. The minimum Gasteiger partial charge on any atom is -0.487 e. The van der Waals surface area contributed by atoms with Gasteiger partial charge in [-0.15, -0.1) is 0 Å². The molecule has 114 valence electrons. The first kappa shape index (κ1) is 14.6. The Morgan fingerprint density at radius 1 is 1.27 bits per heavy atom. The number of hydrogen-bond donors (Lipinski definition) is 2. The maximum Gasteiger partial charge on any atom is 0.176 e. The van der Waals surface area contributed by atoms with E-state index in [1.165, 1.54) is 5.56 Å². The van der Waals surface area contributed by atoms with E-state index in [9.17, 15) is 4.79 Å². The molecule has 3 rings (SSSR count). The predicted molar refractivity (Wildman–Crippen MR) is 87.5 cm³/mol. The number of benzene rings is 2. The summed E-state index contributed by atoms with van der Waals surface area (Å²) < 4.78 is 5.72. The summed E-state index contributed by atoms with van der Waals surface area (Å²) in [6, 6.07) is 15.6. The number of ether oxygens (including phenoxy) is 1. The van der Waals surface area contributed by atoms with Gasteiger partial charge in [0.15, 0.2) is 5.78 Å². The second kappa shape index (κ2) is 6.62. The van der Waals surface area contributed by atoms with Gasteiger partial charge in [-0.3, -0.25) is 4.79 Å². The molecule has 0 bridgehead atoms. The minimum atomic E-state index is 0.0825. The Morgan fingerprint density at radius 3 is 2.91 bits per heavy atom. The summed E-state index contributed by atoms with van der Waals surface area (Å²) >= 11 is 0. The average Bonchev–Trinajstić information content (AvgIpc) is 2.55. The molecule has 2 aromatic rings. The van der Waals surface area contributed by atoms with Crippen LogP contribution in [0.15, 0.2) is 48.5 Å². The number of rotatable bonds is 5. The quantitative estimate of drug-likeness (QED) is 0.833. The van der Waals surface area contributed by atoms with Crippen molar-refractivity contribution in [1.29, 1.82) is 0 Å². The van der Waals surface area contributed by atoms with Crippen LogP contribution in [0.2, 0.25) is 0 Å². The van der Waals surface area contributed by atoms with E-state index in [1.807, 2.05) is 55.5 Å². The standard InChI is InChI=1S/C18H20N2O2/c1-13-10-20-16-9-15(7-8-18(16)22-13)17(21)12-19-11-14-5-3-2-4-6-14/h2-9,13,19-20H,10-12H2,1H3. The number of hydrogen-bond acceptors (Lipinski definition) is 4. The molecule has 0 aliphatic carbocycles. The lowest BCUT2D eigenvalue weighted by atomic mass is 10.1. The first-order valence-corrected chi connectivity index (χ1v) is 7.55. The van der Waals surface area contributed by atoms with Gasteiger partial charge < -0.3 is 15.4 Å². The molecular formula is C18H20N2O2. The van der Waals surface area contributed by atoms with Crippen molar-refractivity contribution in [2.24, 2.45) is 0 Å². The van der Waals surface area contributed by atoms with Crippen molar-refractivity contribution < 1.29 is 9.53 Å². The molecule has 1 atom stereocenters. The highest BCUT2D eigenvalue weighted by Gasteiger charge is 2.17. The molecule has 2 aromatic carbocycles. The SMILES string of the molecule is CC1CNc2cc(C(=O)CNCc3ccccc3)ccc2O1. The van der Waals surface area contributed by atoms with Crippen LogP contribution >= 0.6 is 0 Å². The van der Waals surface area contributed by atoms with Gasteiger partial charge in [0.25, 0.3) is 0 Å². The van der Waals surface area contributed by atoms with Crippen LogP contribution in [0.3, 0.4) is 0 Å². The molecule has 0 amide bonds. The van der Waals surface area contributed by atoms with Crippen molar-refractivity contribution in [1.82, 2.24) is 5.32 Å². The maximum absolute atomic E-state index is 12.3. The van der Waals surface area contributed by atoms with Crippen molar-refractivity contribution in [2.75, 3.05) is 18.4 Å². The number of nitrogens with one attached hydrogen (secondary N) is 2. The van der Waals surface area contributed by atoms with Crippen molar-refractivity contribution in [3.8, 4) is 5.75 Å². The number of fused-ring (bicyclic) bond motifs is 1. The van der Waals surface area contributed by atoms with Crippen LogP contribution in [0, 0.1) is 0 Å². The molecule has 0 saturated heterocycles. The summed E-state index contributed by atoms with van der Waals surface area (Å²) in [5.41, 5.74) is 2.77. The Hall–Kier alpha value is -2.33. The van der Waals surface area contributed by atoms with Crippen LogP contribution < -0.4 is 15.4 Å². The van der Waals surface area contributed by atoms with Gasteiger partial charge in [0.05, 0.1) is 18.8 Å². The number of anilines is 1. The van der Waals surface area contributed by atoms with Crippen LogP contribution in [0.1, 0.15) is 22.8 Å². The van der Waals surface area contributed by atoms with Crippen molar-refractivity contribution in [3.63, 3.8) is 0 Å². The summed E-state index contributed by atoms with van der Waals surface area (Å²) in [4.78, 5) is 12.3. The van der Waals surface area contributed by atoms with E-state index in [4.69, 9.17) is 4.74 Å². The lowest BCUT2D eigenvalue weighted by Crippen LogP contribution is -2.28. The zero-order chi connectivity index (χ0) is 15.4. The van der Waals surface area contributed by atoms with Crippen molar-refractivity contribution in [2.45, 2.75) is 19.6 Å². The number of carbonyl (C=O) groups excluding carboxylic acids is 1. The first-order valence-electron chi connectivity index (χ1n) is 7.55. The van der Waals surface area contributed by atoms with Crippen LogP contribution in [-0.2, 0) is 6.54 Å². The highest BCUT2D eigenvalue weighted by molar-refractivity contribution is 5.98. The Bertz CT molecular complexity index is 655. The molecule has 2 N–H and O–H groups in total. The lowest BCUT2D eigenvalue weighted by molar-refractivity contribution is 0.0990. The smallest absolute Gasteiger partial charge is 0.176 e. The van der Waals surface area contributed by atoms with E-state index in [2.05, 4.69) is 10.6 Å². The molecule has 1 aliphatic rings. The average molecular weight is 296 g/mol.